The summed E-state index contributed by atoms with van der Waals surface area (Å²) in [6.45, 7) is 3.30. The van der Waals surface area contributed by atoms with Crippen molar-refractivity contribution in [1.82, 2.24) is 0 Å². The maximum atomic E-state index is 13.7. The molecule has 4 fully saturated rings. The monoisotopic (exact) mass is 538 g/mol. The normalized spacial score (nSPS) is 34.2. The van der Waals surface area contributed by atoms with Crippen molar-refractivity contribution < 1.29 is 29.6 Å². The van der Waals surface area contributed by atoms with Crippen molar-refractivity contribution >= 4 is 46.4 Å². The quantitative estimate of drug-likeness (QED) is 0.202. The molecule has 2 aliphatic heterocycles. The highest BCUT2D eigenvalue weighted by atomic mass is 16.4. The molecule has 2 heterocycles. The molecule has 0 spiro atoms. The van der Waals surface area contributed by atoms with E-state index in [0.717, 1.165) is 0 Å². The fourth-order valence-corrected chi connectivity index (χ4v) is 7.93. The minimum absolute atomic E-state index is 0.173. The third-order valence-electron chi connectivity index (χ3n) is 9.73. The predicted molar refractivity (Wildman–Crippen MR) is 143 cm³/mol. The highest BCUT2D eigenvalue weighted by molar-refractivity contribution is 6.25. The summed E-state index contributed by atoms with van der Waals surface area (Å²) in [5.41, 5.74) is 3.08. The summed E-state index contributed by atoms with van der Waals surface area (Å²) < 4.78 is 0. The van der Waals surface area contributed by atoms with Crippen LogP contribution < -0.4 is 9.80 Å². The van der Waals surface area contributed by atoms with E-state index >= 15 is 0 Å². The van der Waals surface area contributed by atoms with Gasteiger partial charge in [-0.2, -0.15) is 0 Å². The Bertz CT molecular complexity index is 1520. The molecule has 0 unspecified atom stereocenters. The summed E-state index contributed by atoms with van der Waals surface area (Å²) in [5, 5.41) is 24.5. The lowest BCUT2D eigenvalue weighted by Gasteiger charge is -2.60. The van der Waals surface area contributed by atoms with Gasteiger partial charge in [0, 0.05) is 0 Å². The van der Waals surface area contributed by atoms with Crippen molar-refractivity contribution in [2.75, 3.05) is 9.80 Å². The van der Waals surface area contributed by atoms with Crippen LogP contribution in [0.2, 0.25) is 0 Å². The van der Waals surface area contributed by atoms with Gasteiger partial charge in [0.15, 0.2) is 0 Å². The van der Waals surface area contributed by atoms with Crippen LogP contribution in [0.3, 0.4) is 0 Å². The first-order valence-electron chi connectivity index (χ1n) is 13.3. The van der Waals surface area contributed by atoms with Crippen LogP contribution in [-0.4, -0.2) is 45.5 Å². The number of imide groups is 2. The van der Waals surface area contributed by atoms with Gasteiger partial charge in [-0.3, -0.25) is 29.0 Å². The molecule has 0 radical (unpaired) electrons. The van der Waals surface area contributed by atoms with E-state index in [-0.39, 0.29) is 47.3 Å². The van der Waals surface area contributed by atoms with Crippen molar-refractivity contribution in [2.45, 2.75) is 13.8 Å². The highest BCUT2D eigenvalue weighted by Gasteiger charge is 2.75. The molecular weight excluding hydrogens is 512 g/mol. The first-order valence-corrected chi connectivity index (χ1v) is 13.3. The van der Waals surface area contributed by atoms with E-state index in [4.69, 9.17) is 10.4 Å². The van der Waals surface area contributed by atoms with Crippen LogP contribution in [-0.2, 0) is 19.2 Å². The summed E-state index contributed by atoms with van der Waals surface area (Å²) in [6, 6.07) is 13.5. The van der Waals surface area contributed by atoms with Gasteiger partial charge in [-0.15, -0.1) is 0 Å². The average Bonchev–Trinajstić information content (AvgIpc) is 3.35. The van der Waals surface area contributed by atoms with Crippen LogP contribution in [0.25, 0.3) is 0 Å². The number of oxime groups is 2. The number of benzene rings is 2. The van der Waals surface area contributed by atoms with Crippen LogP contribution in [0, 0.1) is 47.3 Å². The number of fused-ring (bicyclic) bond motifs is 1. The summed E-state index contributed by atoms with van der Waals surface area (Å²) in [6.07, 6.45) is 3.96. The molecule has 8 atom stereocenters. The molecule has 2 saturated carbocycles. The zero-order valence-corrected chi connectivity index (χ0v) is 21.7. The van der Waals surface area contributed by atoms with Gasteiger partial charge in [-0.25, -0.2) is 0 Å². The Morgan fingerprint density at radius 1 is 0.575 bits per heavy atom. The SMILES string of the molecule is C/C(=N/O)c1ccc(N2C(=O)[C@@H]3[C@@H](C2=O)[C@@H]2[C@@H]4C=C[C@@H]([C@@H]5C(=O)N(c6ccc(/C(C)=N/O)cc6)C(=O)[C@H]45)[C@H]32)cc1. The Kier molecular flexibility index (Phi) is 5.16. The summed E-state index contributed by atoms with van der Waals surface area (Å²) in [5.74, 6) is -4.20. The number of rotatable bonds is 4. The fourth-order valence-electron chi connectivity index (χ4n) is 7.93. The van der Waals surface area contributed by atoms with E-state index in [1.54, 1.807) is 62.4 Å². The van der Waals surface area contributed by atoms with Gasteiger partial charge >= 0.3 is 0 Å². The Morgan fingerprint density at radius 3 is 1.23 bits per heavy atom. The van der Waals surface area contributed by atoms with Crippen molar-refractivity contribution in [3.8, 4) is 0 Å². The molecule has 2 aromatic rings. The number of amides is 4. The van der Waals surface area contributed by atoms with Crippen molar-refractivity contribution in [1.29, 1.82) is 0 Å². The molecule has 0 aromatic heterocycles. The van der Waals surface area contributed by atoms with Crippen LogP contribution >= 0.6 is 0 Å². The first-order chi connectivity index (χ1) is 19.3. The van der Waals surface area contributed by atoms with Crippen LogP contribution in [0.15, 0.2) is 71.0 Å². The average molecular weight is 539 g/mol. The number of hydrogen-bond donors (Lipinski definition) is 2. The van der Waals surface area contributed by atoms with E-state index in [1.807, 2.05) is 12.2 Å². The largest absolute Gasteiger partial charge is 0.411 e. The molecule has 10 nitrogen and oxygen atoms in total. The third kappa shape index (κ3) is 2.98. The molecule has 2 aromatic carbocycles. The third-order valence-corrected chi connectivity index (χ3v) is 9.73. The van der Waals surface area contributed by atoms with E-state index in [0.29, 0.717) is 33.9 Å². The van der Waals surface area contributed by atoms with E-state index in [1.165, 1.54) is 9.80 Å². The van der Waals surface area contributed by atoms with Crippen LogP contribution in [0.4, 0.5) is 11.4 Å². The molecular formula is C30H26N4O6. The van der Waals surface area contributed by atoms with Gasteiger partial charge in [0.2, 0.25) is 23.6 Å². The predicted octanol–water partition coefficient (Wildman–Crippen LogP) is 3.06. The van der Waals surface area contributed by atoms with Gasteiger partial charge in [0.25, 0.3) is 0 Å². The van der Waals surface area contributed by atoms with Crippen LogP contribution in [0.1, 0.15) is 25.0 Å². The lowest BCUT2D eigenvalue weighted by atomic mass is 9.40. The second-order valence-corrected chi connectivity index (χ2v) is 11.3. The number of anilines is 2. The van der Waals surface area contributed by atoms with Gasteiger partial charge < -0.3 is 10.4 Å². The van der Waals surface area contributed by atoms with Crippen LogP contribution in [0.5, 0.6) is 0 Å². The number of nitrogens with zero attached hydrogens (tertiary/aromatic N) is 4. The Hall–Kier alpha value is -4.60. The molecule has 8 rings (SSSR count). The van der Waals surface area contributed by atoms with E-state index < -0.39 is 23.7 Å². The molecule has 2 bridgehead atoms. The Labute approximate surface area is 229 Å². The summed E-state index contributed by atoms with van der Waals surface area (Å²) >= 11 is 0. The highest BCUT2D eigenvalue weighted by Crippen LogP contribution is 2.68. The number of hydrogen-bond acceptors (Lipinski definition) is 8. The topological polar surface area (TPSA) is 140 Å². The minimum atomic E-state index is -0.568. The summed E-state index contributed by atoms with van der Waals surface area (Å²) in [7, 11) is 0. The second-order valence-electron chi connectivity index (χ2n) is 11.3. The fraction of sp³-hybridized carbons (Fsp3) is 0.333. The van der Waals surface area contributed by atoms with Crippen molar-refractivity contribution in [2.24, 2.45) is 57.7 Å². The maximum absolute atomic E-state index is 13.7. The van der Waals surface area contributed by atoms with Gasteiger partial charge in [0.05, 0.1) is 46.5 Å². The van der Waals surface area contributed by atoms with E-state index in [9.17, 15) is 19.2 Å². The number of carbonyl (C=O) groups excluding carboxylic acids is 4. The Balaban J connectivity index is 1.18. The zero-order valence-electron chi connectivity index (χ0n) is 21.7. The first kappa shape index (κ1) is 24.4. The minimum Gasteiger partial charge on any atom is -0.411 e. The lowest BCUT2D eigenvalue weighted by molar-refractivity contribution is -0.166. The molecule has 40 heavy (non-hydrogen) atoms. The molecule has 202 valence electrons. The maximum Gasteiger partial charge on any atom is 0.238 e. The number of carbonyl (C=O) groups is 4. The molecule has 4 amide bonds. The van der Waals surface area contributed by atoms with Crippen molar-refractivity contribution in [3.63, 3.8) is 0 Å². The smallest absolute Gasteiger partial charge is 0.238 e. The van der Waals surface area contributed by atoms with Gasteiger partial charge in [0.1, 0.15) is 0 Å². The second kappa shape index (κ2) is 8.45. The molecule has 2 N–H and O–H groups in total. The summed E-state index contributed by atoms with van der Waals surface area (Å²) in [4.78, 5) is 57.3. The lowest BCUT2D eigenvalue weighted by Crippen LogP contribution is -2.63. The standard InChI is InChI=1S/C30H26N4O6/c1-13(31-39)15-3-7-17(8-4-15)33-27(35)23-19-11-12-20(24(23)28(33)36)22-21(19)25-26(22)30(38)34(29(25)37)18-9-5-16(6-10-18)14(2)32-40/h3-12,19-26,39-40H,1-2H3/b31-13+,32-14-/t19-,20+,21+,22-,23+,24-,25-,26-/m0/s1. The van der Waals surface area contributed by atoms with Crippen molar-refractivity contribution in [3.05, 3.63) is 71.8 Å². The molecule has 6 aliphatic rings. The molecule has 10 heteroatoms. The van der Waals surface area contributed by atoms with Gasteiger partial charge in [-0.1, -0.05) is 46.7 Å². The number of allylic oxidation sites excluding steroid dienone is 2. The van der Waals surface area contributed by atoms with Gasteiger partial charge in [-0.05, 0) is 72.9 Å². The molecule has 2 saturated heterocycles. The molecule has 4 aliphatic carbocycles. The zero-order chi connectivity index (χ0) is 28.0. The van der Waals surface area contributed by atoms with E-state index in [2.05, 4.69) is 10.3 Å². The Morgan fingerprint density at radius 2 is 0.900 bits per heavy atom.